The molecule has 0 bridgehead atoms. The van der Waals surface area contributed by atoms with E-state index in [1.54, 1.807) is 6.20 Å². The first-order valence-corrected chi connectivity index (χ1v) is 5.42. The van der Waals surface area contributed by atoms with Crippen molar-refractivity contribution in [2.75, 3.05) is 13.6 Å². The molecule has 0 aliphatic heterocycles. The highest BCUT2D eigenvalue weighted by molar-refractivity contribution is 7.09. The van der Waals surface area contributed by atoms with Crippen molar-refractivity contribution in [2.24, 2.45) is 0 Å². The van der Waals surface area contributed by atoms with Crippen LogP contribution in [0.4, 0.5) is 0 Å². The Hall–Kier alpha value is -1.34. The highest BCUT2D eigenvalue weighted by Gasteiger charge is 2.09. The Kier molecular flexibility index (Phi) is 3.36. The number of aryl methyl sites for hydroxylation is 1. The minimum Gasteiger partial charge on any atom is -0.420 e. The second-order valence-electron chi connectivity index (χ2n) is 2.99. The van der Waals surface area contributed by atoms with Crippen LogP contribution in [0.25, 0.3) is 10.8 Å². The average Bonchev–Trinajstić information content (AvgIpc) is 2.87. The van der Waals surface area contributed by atoms with Gasteiger partial charge in [-0.1, -0.05) is 4.49 Å². The van der Waals surface area contributed by atoms with Gasteiger partial charge in [0.15, 0.2) is 0 Å². The lowest BCUT2D eigenvalue weighted by molar-refractivity contribution is 0.495. The van der Waals surface area contributed by atoms with Gasteiger partial charge in [0.05, 0.1) is 6.20 Å². The van der Waals surface area contributed by atoms with E-state index < -0.39 is 0 Å². The third-order valence-corrected chi connectivity index (χ3v) is 2.51. The van der Waals surface area contributed by atoms with Crippen molar-refractivity contribution in [3.05, 3.63) is 12.1 Å². The van der Waals surface area contributed by atoms with Crippen LogP contribution in [-0.4, -0.2) is 33.4 Å². The van der Waals surface area contributed by atoms with E-state index in [0.29, 0.717) is 11.8 Å². The van der Waals surface area contributed by atoms with E-state index in [0.717, 1.165) is 24.3 Å². The van der Waals surface area contributed by atoms with Crippen LogP contribution in [0, 0.1) is 0 Å². The molecule has 0 spiro atoms. The normalized spacial score (nSPS) is 10.7. The fourth-order valence-electron chi connectivity index (χ4n) is 1.13. The number of hydrogen-bond acceptors (Lipinski definition) is 7. The zero-order chi connectivity index (χ0) is 10.5. The molecular weight excluding hydrogens is 214 g/mol. The van der Waals surface area contributed by atoms with E-state index in [-0.39, 0.29) is 0 Å². The Morgan fingerprint density at radius 1 is 1.47 bits per heavy atom. The van der Waals surface area contributed by atoms with Gasteiger partial charge >= 0.3 is 0 Å². The Morgan fingerprint density at radius 2 is 2.40 bits per heavy atom. The molecule has 0 fully saturated rings. The maximum atomic E-state index is 5.46. The molecule has 0 unspecified atom stereocenters. The van der Waals surface area contributed by atoms with Crippen LogP contribution < -0.4 is 5.32 Å². The molecule has 1 N–H and O–H groups in total. The molecule has 0 saturated carbocycles. The molecular formula is C8H11N5OS. The molecule has 15 heavy (non-hydrogen) atoms. The molecule has 7 heteroatoms. The van der Waals surface area contributed by atoms with Gasteiger partial charge in [-0.15, -0.1) is 15.3 Å². The second-order valence-corrected chi connectivity index (χ2v) is 3.78. The quantitative estimate of drug-likeness (QED) is 0.756. The smallest absolute Gasteiger partial charge is 0.261 e. The molecule has 0 aliphatic carbocycles. The van der Waals surface area contributed by atoms with Crippen LogP contribution in [0.2, 0.25) is 0 Å². The van der Waals surface area contributed by atoms with Crippen LogP contribution in [0.3, 0.4) is 0 Å². The van der Waals surface area contributed by atoms with Crippen molar-refractivity contribution < 1.29 is 4.42 Å². The van der Waals surface area contributed by atoms with Crippen LogP contribution >= 0.6 is 11.5 Å². The number of nitrogens with one attached hydrogen (secondary N) is 1. The molecule has 0 amide bonds. The Labute approximate surface area is 90.9 Å². The number of nitrogens with zero attached hydrogens (tertiary/aromatic N) is 4. The van der Waals surface area contributed by atoms with E-state index in [2.05, 4.69) is 25.1 Å². The fraction of sp³-hybridized carbons (Fsp3) is 0.500. The molecule has 2 aromatic rings. The topological polar surface area (TPSA) is 76.7 Å². The van der Waals surface area contributed by atoms with Gasteiger partial charge in [0.25, 0.3) is 5.89 Å². The summed E-state index contributed by atoms with van der Waals surface area (Å²) in [5.74, 6) is 1.16. The zero-order valence-corrected chi connectivity index (χ0v) is 9.12. The molecule has 80 valence electrons. The summed E-state index contributed by atoms with van der Waals surface area (Å²) >= 11 is 1.25. The molecule has 0 aromatic carbocycles. The fourth-order valence-corrected chi connectivity index (χ4v) is 1.57. The molecule has 2 rings (SSSR count). The number of aromatic nitrogens is 4. The molecule has 2 aromatic heterocycles. The van der Waals surface area contributed by atoms with Crippen LogP contribution in [-0.2, 0) is 6.42 Å². The van der Waals surface area contributed by atoms with Gasteiger partial charge in [-0.05, 0) is 31.5 Å². The molecule has 6 nitrogen and oxygen atoms in total. The minimum atomic E-state index is 0.504. The lowest BCUT2D eigenvalue weighted by Gasteiger charge is -1.93. The Balaban J connectivity index is 1.98. The highest BCUT2D eigenvalue weighted by Crippen LogP contribution is 2.19. The SMILES string of the molecule is CNCCCc1nnc(-c2cnns2)o1. The van der Waals surface area contributed by atoms with E-state index in [9.17, 15) is 0 Å². The predicted octanol–water partition coefficient (Wildman–Crippen LogP) is 0.740. The summed E-state index contributed by atoms with van der Waals surface area (Å²) in [5, 5.41) is 14.7. The summed E-state index contributed by atoms with van der Waals surface area (Å²) in [5.41, 5.74) is 0. The molecule has 0 atom stereocenters. The van der Waals surface area contributed by atoms with Crippen molar-refractivity contribution in [1.29, 1.82) is 0 Å². The van der Waals surface area contributed by atoms with Gasteiger partial charge in [-0.25, -0.2) is 0 Å². The van der Waals surface area contributed by atoms with Gasteiger partial charge in [-0.3, -0.25) is 0 Å². The van der Waals surface area contributed by atoms with E-state index in [4.69, 9.17) is 4.42 Å². The van der Waals surface area contributed by atoms with Gasteiger partial charge in [-0.2, -0.15) is 0 Å². The Bertz CT molecular complexity index is 399. The zero-order valence-electron chi connectivity index (χ0n) is 8.30. The predicted molar refractivity (Wildman–Crippen MR) is 55.4 cm³/mol. The lowest BCUT2D eigenvalue weighted by Crippen LogP contribution is -2.08. The summed E-state index contributed by atoms with van der Waals surface area (Å²) in [7, 11) is 1.92. The van der Waals surface area contributed by atoms with E-state index in [1.165, 1.54) is 11.5 Å². The summed E-state index contributed by atoms with van der Waals surface area (Å²) in [6, 6.07) is 0. The standard InChI is InChI=1S/C8H11N5OS/c1-9-4-2-3-7-11-12-8(14-7)6-5-10-13-15-6/h5,9H,2-4H2,1H3. The number of hydrogen-bond donors (Lipinski definition) is 1. The molecule has 0 saturated heterocycles. The molecule has 0 aliphatic rings. The maximum Gasteiger partial charge on any atom is 0.261 e. The Morgan fingerprint density at radius 3 is 3.13 bits per heavy atom. The van der Waals surface area contributed by atoms with Gasteiger partial charge in [0.1, 0.15) is 4.88 Å². The van der Waals surface area contributed by atoms with Crippen molar-refractivity contribution >= 4 is 11.5 Å². The summed E-state index contributed by atoms with van der Waals surface area (Å²) < 4.78 is 9.19. The van der Waals surface area contributed by atoms with Gasteiger partial charge < -0.3 is 9.73 Å². The minimum absolute atomic E-state index is 0.504. The molecule has 2 heterocycles. The summed E-state index contributed by atoms with van der Waals surface area (Å²) in [6.07, 6.45) is 3.40. The van der Waals surface area contributed by atoms with Crippen LogP contribution in [0.5, 0.6) is 0 Å². The van der Waals surface area contributed by atoms with Crippen molar-refractivity contribution in [1.82, 2.24) is 25.1 Å². The van der Waals surface area contributed by atoms with Crippen molar-refractivity contribution in [3.63, 3.8) is 0 Å². The third kappa shape index (κ3) is 2.57. The summed E-state index contributed by atoms with van der Waals surface area (Å²) in [4.78, 5) is 0.808. The first-order valence-electron chi connectivity index (χ1n) is 4.65. The first-order chi connectivity index (χ1) is 7.40. The van der Waals surface area contributed by atoms with Crippen molar-refractivity contribution in [2.45, 2.75) is 12.8 Å². The van der Waals surface area contributed by atoms with Gasteiger partial charge in [0, 0.05) is 6.42 Å². The first kappa shape index (κ1) is 10.2. The third-order valence-electron chi connectivity index (χ3n) is 1.86. The monoisotopic (exact) mass is 225 g/mol. The maximum absolute atomic E-state index is 5.46. The highest BCUT2D eigenvalue weighted by atomic mass is 32.1. The van der Waals surface area contributed by atoms with Crippen LogP contribution in [0.15, 0.2) is 10.6 Å². The lowest BCUT2D eigenvalue weighted by atomic mass is 10.3. The van der Waals surface area contributed by atoms with Gasteiger partial charge in [0.2, 0.25) is 5.89 Å². The molecule has 0 radical (unpaired) electrons. The summed E-state index contributed by atoms with van der Waals surface area (Å²) in [6.45, 7) is 0.944. The van der Waals surface area contributed by atoms with E-state index in [1.807, 2.05) is 7.05 Å². The number of rotatable bonds is 5. The van der Waals surface area contributed by atoms with E-state index >= 15 is 0 Å². The average molecular weight is 225 g/mol. The van der Waals surface area contributed by atoms with Crippen LogP contribution in [0.1, 0.15) is 12.3 Å². The second kappa shape index (κ2) is 4.94. The largest absolute Gasteiger partial charge is 0.420 e. The van der Waals surface area contributed by atoms with Crippen molar-refractivity contribution in [3.8, 4) is 10.8 Å².